The third-order valence-corrected chi connectivity index (χ3v) is 5.90. The van der Waals surface area contributed by atoms with E-state index >= 15 is 0 Å². The summed E-state index contributed by atoms with van der Waals surface area (Å²) in [6, 6.07) is 15.8. The Morgan fingerprint density at radius 2 is 1.85 bits per heavy atom. The summed E-state index contributed by atoms with van der Waals surface area (Å²) in [5, 5.41) is 9.71. The van der Waals surface area contributed by atoms with Gasteiger partial charge in [-0.15, -0.1) is 0 Å². The number of aryl methyl sites for hydroxylation is 1. The molecule has 33 heavy (non-hydrogen) atoms. The van der Waals surface area contributed by atoms with E-state index in [1.54, 1.807) is 18.3 Å². The molecule has 3 aromatic rings. The van der Waals surface area contributed by atoms with Gasteiger partial charge in [0.2, 0.25) is 0 Å². The molecule has 0 atom stereocenters. The van der Waals surface area contributed by atoms with Crippen molar-refractivity contribution < 1.29 is 14.6 Å². The fourth-order valence-electron chi connectivity index (χ4n) is 4.17. The van der Waals surface area contributed by atoms with Gasteiger partial charge in [0, 0.05) is 50.2 Å². The van der Waals surface area contributed by atoms with Crippen molar-refractivity contribution in [2.24, 2.45) is 0 Å². The number of esters is 1. The van der Waals surface area contributed by atoms with Crippen LogP contribution in [0.4, 0.5) is 5.69 Å². The quantitative estimate of drug-likeness (QED) is 0.431. The van der Waals surface area contributed by atoms with Crippen molar-refractivity contribution in [2.75, 3.05) is 37.7 Å². The molecule has 0 amide bonds. The summed E-state index contributed by atoms with van der Waals surface area (Å²) in [6.45, 7) is 10.6. The van der Waals surface area contributed by atoms with Gasteiger partial charge in [-0.2, -0.15) is 0 Å². The third kappa shape index (κ3) is 5.59. The van der Waals surface area contributed by atoms with Crippen molar-refractivity contribution >= 4 is 11.7 Å². The van der Waals surface area contributed by atoms with Crippen molar-refractivity contribution in [2.45, 2.75) is 13.5 Å². The van der Waals surface area contributed by atoms with Crippen LogP contribution in [-0.4, -0.2) is 53.7 Å². The Morgan fingerprint density at radius 1 is 1.09 bits per heavy atom. The molecular formula is C27H29N3O3. The van der Waals surface area contributed by atoms with Gasteiger partial charge in [-0.3, -0.25) is 9.88 Å². The summed E-state index contributed by atoms with van der Waals surface area (Å²) in [6.07, 6.45) is 4.78. The van der Waals surface area contributed by atoms with E-state index in [4.69, 9.17) is 4.74 Å². The van der Waals surface area contributed by atoms with Crippen molar-refractivity contribution in [3.8, 4) is 16.9 Å². The maximum absolute atomic E-state index is 11.9. The second-order valence-corrected chi connectivity index (χ2v) is 8.28. The standard InChI is InChI=1S/C27H29N3O3/c1-3-14-33-27(32)22-5-7-24(8-6-22)30-12-10-29(11-13-30)19-21-4-9-26(20(2)15-21)23-16-25(31)18-28-17-23/h3-9,15-18,31H,1,10-14,19H2,2H3. The number of carbonyl (C=O) groups is 1. The zero-order valence-corrected chi connectivity index (χ0v) is 18.9. The van der Waals surface area contributed by atoms with Gasteiger partial charge in [0.05, 0.1) is 11.8 Å². The number of hydrogen-bond donors (Lipinski definition) is 1. The lowest BCUT2D eigenvalue weighted by atomic mass is 9.99. The van der Waals surface area contributed by atoms with Gasteiger partial charge in [0.1, 0.15) is 12.4 Å². The van der Waals surface area contributed by atoms with Crippen molar-refractivity contribution in [1.82, 2.24) is 9.88 Å². The molecule has 1 aliphatic rings. The molecule has 0 aliphatic carbocycles. The van der Waals surface area contributed by atoms with E-state index in [1.165, 1.54) is 17.3 Å². The summed E-state index contributed by atoms with van der Waals surface area (Å²) >= 11 is 0. The average molecular weight is 444 g/mol. The first kappa shape index (κ1) is 22.6. The highest BCUT2D eigenvalue weighted by Crippen LogP contribution is 2.27. The molecule has 1 aliphatic heterocycles. The second-order valence-electron chi connectivity index (χ2n) is 8.28. The summed E-state index contributed by atoms with van der Waals surface area (Å²) < 4.78 is 5.09. The monoisotopic (exact) mass is 443 g/mol. The minimum atomic E-state index is -0.326. The third-order valence-electron chi connectivity index (χ3n) is 5.90. The normalized spacial score (nSPS) is 14.2. The molecule has 0 unspecified atom stereocenters. The lowest BCUT2D eigenvalue weighted by molar-refractivity contribution is 0.0549. The molecule has 1 N–H and O–H groups in total. The Morgan fingerprint density at radius 3 is 2.52 bits per heavy atom. The van der Waals surface area contributed by atoms with Crippen LogP contribution in [-0.2, 0) is 11.3 Å². The van der Waals surface area contributed by atoms with E-state index in [0.717, 1.165) is 49.5 Å². The first-order chi connectivity index (χ1) is 16.0. The van der Waals surface area contributed by atoms with E-state index in [2.05, 4.69) is 46.5 Å². The van der Waals surface area contributed by atoms with Crippen LogP contribution in [0.1, 0.15) is 21.5 Å². The molecule has 4 rings (SSSR count). The highest BCUT2D eigenvalue weighted by molar-refractivity contribution is 5.89. The van der Waals surface area contributed by atoms with Gasteiger partial charge in [-0.05, 0) is 53.9 Å². The largest absolute Gasteiger partial charge is 0.506 e. The molecule has 6 nitrogen and oxygen atoms in total. The van der Waals surface area contributed by atoms with Gasteiger partial charge in [0.25, 0.3) is 0 Å². The van der Waals surface area contributed by atoms with E-state index in [9.17, 15) is 9.90 Å². The Bertz CT molecular complexity index is 1120. The Hall–Kier alpha value is -3.64. The van der Waals surface area contributed by atoms with Gasteiger partial charge < -0.3 is 14.7 Å². The number of anilines is 1. The molecule has 6 heteroatoms. The minimum Gasteiger partial charge on any atom is -0.506 e. The molecule has 1 fully saturated rings. The smallest absolute Gasteiger partial charge is 0.338 e. The van der Waals surface area contributed by atoms with E-state index < -0.39 is 0 Å². The average Bonchev–Trinajstić information content (AvgIpc) is 2.83. The number of ether oxygens (including phenoxy) is 1. The van der Waals surface area contributed by atoms with Crippen LogP contribution in [0.15, 0.2) is 73.6 Å². The van der Waals surface area contributed by atoms with Gasteiger partial charge >= 0.3 is 5.97 Å². The number of carbonyl (C=O) groups excluding carboxylic acids is 1. The highest BCUT2D eigenvalue weighted by Gasteiger charge is 2.18. The van der Waals surface area contributed by atoms with Crippen molar-refractivity contribution in [3.63, 3.8) is 0 Å². The van der Waals surface area contributed by atoms with Crippen LogP contribution in [0.2, 0.25) is 0 Å². The summed E-state index contributed by atoms with van der Waals surface area (Å²) in [5.74, 6) is -0.149. The Labute approximate surface area is 194 Å². The number of hydrogen-bond acceptors (Lipinski definition) is 6. The molecule has 0 spiro atoms. The SMILES string of the molecule is C=CCOC(=O)c1ccc(N2CCN(Cc3ccc(-c4cncc(O)c4)c(C)c3)CC2)cc1. The van der Waals surface area contributed by atoms with Crippen molar-refractivity contribution in [3.05, 3.63) is 90.3 Å². The molecule has 1 saturated heterocycles. The fraction of sp³-hybridized carbons (Fsp3) is 0.259. The van der Waals surface area contributed by atoms with Crippen LogP contribution in [0, 0.1) is 6.92 Å². The van der Waals surface area contributed by atoms with Crippen LogP contribution in [0.3, 0.4) is 0 Å². The summed E-state index contributed by atoms with van der Waals surface area (Å²) in [4.78, 5) is 20.8. The van der Waals surface area contributed by atoms with Crippen LogP contribution >= 0.6 is 0 Å². The fourth-order valence-corrected chi connectivity index (χ4v) is 4.17. The number of pyridine rings is 1. The molecule has 0 bridgehead atoms. The zero-order chi connectivity index (χ0) is 23.2. The summed E-state index contributed by atoms with van der Waals surface area (Å²) in [7, 11) is 0. The first-order valence-corrected chi connectivity index (χ1v) is 11.1. The van der Waals surface area contributed by atoms with Gasteiger partial charge in [-0.25, -0.2) is 4.79 Å². The van der Waals surface area contributed by atoms with E-state index in [0.29, 0.717) is 5.56 Å². The molecule has 170 valence electrons. The number of rotatable bonds is 7. The maximum atomic E-state index is 11.9. The van der Waals surface area contributed by atoms with E-state index in [-0.39, 0.29) is 18.3 Å². The predicted octanol–water partition coefficient (Wildman–Crippen LogP) is 4.43. The lowest BCUT2D eigenvalue weighted by Crippen LogP contribution is -2.45. The van der Waals surface area contributed by atoms with E-state index in [1.807, 2.05) is 24.3 Å². The molecule has 0 saturated carbocycles. The highest BCUT2D eigenvalue weighted by atomic mass is 16.5. The second kappa shape index (κ2) is 10.3. The predicted molar refractivity (Wildman–Crippen MR) is 130 cm³/mol. The molecule has 0 radical (unpaired) electrons. The lowest BCUT2D eigenvalue weighted by Gasteiger charge is -2.36. The zero-order valence-electron chi connectivity index (χ0n) is 18.9. The number of nitrogens with zero attached hydrogens (tertiary/aromatic N) is 3. The van der Waals surface area contributed by atoms with Crippen molar-refractivity contribution in [1.29, 1.82) is 0 Å². The van der Waals surface area contributed by atoms with Crippen LogP contribution in [0.25, 0.3) is 11.1 Å². The summed E-state index contributed by atoms with van der Waals surface area (Å²) in [5.41, 5.74) is 6.14. The molecule has 2 aromatic carbocycles. The molecule has 2 heterocycles. The minimum absolute atomic E-state index is 0.177. The number of piperazine rings is 1. The number of aromatic nitrogens is 1. The maximum Gasteiger partial charge on any atom is 0.338 e. The molecule has 1 aromatic heterocycles. The van der Waals surface area contributed by atoms with Gasteiger partial charge in [0.15, 0.2) is 0 Å². The Kier molecular flexibility index (Phi) is 7.05. The number of aromatic hydroxyl groups is 1. The van der Waals surface area contributed by atoms with Crippen LogP contribution in [0.5, 0.6) is 5.75 Å². The van der Waals surface area contributed by atoms with Crippen LogP contribution < -0.4 is 4.90 Å². The van der Waals surface area contributed by atoms with Gasteiger partial charge in [-0.1, -0.05) is 30.9 Å². The topological polar surface area (TPSA) is 65.9 Å². The Balaban J connectivity index is 1.32. The number of benzene rings is 2. The molecular weight excluding hydrogens is 414 g/mol. The first-order valence-electron chi connectivity index (χ1n) is 11.1.